The lowest BCUT2D eigenvalue weighted by molar-refractivity contribution is -0.140. The zero-order chi connectivity index (χ0) is 20.4. The van der Waals surface area contributed by atoms with Gasteiger partial charge in [0.15, 0.2) is 0 Å². The molecule has 1 heterocycles. The SMILES string of the molecule is CN(C)c1ccc(C2/C(=C(/O)c3ccc(Cl)cc3)C(=O)C(=O)N2CCO)cc1. The second-order valence-electron chi connectivity index (χ2n) is 6.71. The molecule has 7 heteroatoms. The number of hydrogen-bond acceptors (Lipinski definition) is 5. The Labute approximate surface area is 168 Å². The Morgan fingerprint density at radius 3 is 2.21 bits per heavy atom. The van der Waals surface area contributed by atoms with Gasteiger partial charge in [0.25, 0.3) is 11.7 Å². The van der Waals surface area contributed by atoms with Crippen LogP contribution < -0.4 is 4.90 Å². The lowest BCUT2D eigenvalue weighted by atomic mass is 9.95. The van der Waals surface area contributed by atoms with Crippen molar-refractivity contribution in [1.82, 2.24) is 4.90 Å². The number of carbonyl (C=O) groups excluding carboxylic acids is 2. The number of Topliss-reactive ketones (excluding diaryl/α,β-unsaturated/α-hetero) is 1. The van der Waals surface area contributed by atoms with Gasteiger partial charge in [-0.1, -0.05) is 23.7 Å². The van der Waals surface area contributed by atoms with E-state index in [0.717, 1.165) is 5.69 Å². The summed E-state index contributed by atoms with van der Waals surface area (Å²) in [6.45, 7) is -0.303. The highest BCUT2D eigenvalue weighted by Gasteiger charge is 2.45. The van der Waals surface area contributed by atoms with Gasteiger partial charge in [-0.05, 0) is 42.0 Å². The average molecular weight is 401 g/mol. The predicted octanol–water partition coefficient (Wildman–Crippen LogP) is 2.82. The third-order valence-electron chi connectivity index (χ3n) is 4.72. The van der Waals surface area contributed by atoms with Gasteiger partial charge >= 0.3 is 0 Å². The summed E-state index contributed by atoms with van der Waals surface area (Å²) in [6, 6.07) is 13.0. The lowest BCUT2D eigenvalue weighted by Crippen LogP contribution is -2.32. The predicted molar refractivity (Wildman–Crippen MR) is 108 cm³/mol. The summed E-state index contributed by atoms with van der Waals surface area (Å²) in [7, 11) is 3.82. The number of hydrogen-bond donors (Lipinski definition) is 2. The largest absolute Gasteiger partial charge is 0.507 e. The van der Waals surface area contributed by atoms with Crippen molar-refractivity contribution >= 4 is 34.7 Å². The van der Waals surface area contributed by atoms with E-state index in [-0.39, 0.29) is 24.5 Å². The van der Waals surface area contributed by atoms with Gasteiger partial charge < -0.3 is 20.0 Å². The minimum Gasteiger partial charge on any atom is -0.507 e. The molecule has 6 nitrogen and oxygen atoms in total. The van der Waals surface area contributed by atoms with Crippen LogP contribution in [0.1, 0.15) is 17.2 Å². The summed E-state index contributed by atoms with van der Waals surface area (Å²) in [5, 5.41) is 20.7. The Morgan fingerprint density at radius 2 is 1.68 bits per heavy atom. The standard InChI is InChI=1S/C21H21ClN2O4/c1-23(2)16-9-5-13(6-10-16)18-17(20(27)21(28)24(18)11-12-25)19(26)14-3-7-15(22)8-4-14/h3-10,18,25-26H,11-12H2,1-2H3/b19-17-. The molecule has 0 aromatic heterocycles. The van der Waals surface area contributed by atoms with Crippen LogP contribution in [0.25, 0.3) is 5.76 Å². The first-order chi connectivity index (χ1) is 13.3. The number of ketones is 1. The zero-order valence-electron chi connectivity index (χ0n) is 15.6. The Kier molecular flexibility index (Phi) is 5.72. The maximum absolute atomic E-state index is 12.7. The molecule has 1 aliphatic heterocycles. The number of rotatable bonds is 5. The summed E-state index contributed by atoms with van der Waals surface area (Å²) in [6.07, 6.45) is 0. The van der Waals surface area contributed by atoms with Crippen LogP contribution in [0, 0.1) is 0 Å². The molecule has 1 saturated heterocycles. The lowest BCUT2D eigenvalue weighted by Gasteiger charge is -2.25. The van der Waals surface area contributed by atoms with Gasteiger partial charge in [-0.3, -0.25) is 9.59 Å². The molecule has 0 aliphatic carbocycles. The fraction of sp³-hybridized carbons (Fsp3) is 0.238. The highest BCUT2D eigenvalue weighted by Crippen LogP contribution is 2.39. The first-order valence-corrected chi connectivity index (χ1v) is 9.15. The molecule has 1 amide bonds. The van der Waals surface area contributed by atoms with Crippen molar-refractivity contribution < 1.29 is 19.8 Å². The zero-order valence-corrected chi connectivity index (χ0v) is 16.3. The summed E-state index contributed by atoms with van der Waals surface area (Å²) < 4.78 is 0. The molecule has 3 rings (SSSR count). The summed E-state index contributed by atoms with van der Waals surface area (Å²) >= 11 is 5.90. The molecule has 1 atom stereocenters. The molecule has 1 unspecified atom stereocenters. The molecular formula is C21H21ClN2O4. The molecule has 0 spiro atoms. The van der Waals surface area contributed by atoms with Crippen molar-refractivity contribution in [3.05, 3.63) is 70.3 Å². The molecule has 2 aromatic carbocycles. The topological polar surface area (TPSA) is 81.1 Å². The van der Waals surface area contributed by atoms with E-state index in [0.29, 0.717) is 16.1 Å². The third kappa shape index (κ3) is 3.61. The maximum Gasteiger partial charge on any atom is 0.295 e. The van der Waals surface area contributed by atoms with Gasteiger partial charge in [0.2, 0.25) is 0 Å². The molecular weight excluding hydrogens is 380 g/mol. The molecule has 1 aliphatic rings. The number of β-amino-alcohol motifs (C(OH)–C–C–N with tert-alkyl or cyclic N) is 1. The molecule has 0 saturated carbocycles. The first-order valence-electron chi connectivity index (χ1n) is 8.77. The highest BCUT2D eigenvalue weighted by atomic mass is 35.5. The van der Waals surface area contributed by atoms with E-state index in [1.807, 2.05) is 43.3 Å². The normalized spacial score (nSPS) is 18.6. The van der Waals surface area contributed by atoms with E-state index in [4.69, 9.17) is 11.6 Å². The molecule has 0 bridgehead atoms. The van der Waals surface area contributed by atoms with Crippen LogP contribution in [-0.2, 0) is 9.59 Å². The van der Waals surface area contributed by atoms with Crippen molar-refractivity contribution in [2.24, 2.45) is 0 Å². The van der Waals surface area contributed by atoms with E-state index < -0.39 is 17.7 Å². The Bertz CT molecular complexity index is 920. The number of likely N-dealkylation sites (tertiary alicyclic amines) is 1. The number of halogens is 1. The summed E-state index contributed by atoms with van der Waals surface area (Å²) in [4.78, 5) is 28.5. The number of aliphatic hydroxyl groups excluding tert-OH is 2. The van der Waals surface area contributed by atoms with Gasteiger partial charge in [0.1, 0.15) is 5.76 Å². The van der Waals surface area contributed by atoms with Crippen LogP contribution in [0.5, 0.6) is 0 Å². The van der Waals surface area contributed by atoms with Crippen LogP contribution >= 0.6 is 11.6 Å². The second-order valence-corrected chi connectivity index (χ2v) is 7.15. The Balaban J connectivity index is 2.14. The second kappa shape index (κ2) is 8.04. The minimum atomic E-state index is -0.779. The number of anilines is 1. The molecule has 146 valence electrons. The van der Waals surface area contributed by atoms with Gasteiger partial charge in [0.05, 0.1) is 18.2 Å². The number of carbonyl (C=O) groups is 2. The summed E-state index contributed by atoms with van der Waals surface area (Å²) in [5.74, 6) is -1.79. The van der Waals surface area contributed by atoms with Gasteiger partial charge in [0, 0.05) is 36.9 Å². The number of amides is 1. The van der Waals surface area contributed by atoms with E-state index in [1.165, 1.54) is 4.90 Å². The minimum absolute atomic E-state index is 0.00150. The van der Waals surface area contributed by atoms with Crippen molar-refractivity contribution in [2.45, 2.75) is 6.04 Å². The van der Waals surface area contributed by atoms with Crippen molar-refractivity contribution in [2.75, 3.05) is 32.1 Å². The van der Waals surface area contributed by atoms with Crippen LogP contribution in [0.2, 0.25) is 5.02 Å². The van der Waals surface area contributed by atoms with Crippen LogP contribution in [0.3, 0.4) is 0 Å². The van der Waals surface area contributed by atoms with Gasteiger partial charge in [-0.25, -0.2) is 0 Å². The third-order valence-corrected chi connectivity index (χ3v) is 4.98. The average Bonchev–Trinajstić information content (AvgIpc) is 2.93. The molecule has 28 heavy (non-hydrogen) atoms. The Hall–Kier alpha value is -2.83. The van der Waals surface area contributed by atoms with Crippen LogP contribution in [-0.4, -0.2) is 54.1 Å². The number of aliphatic hydroxyl groups is 2. The maximum atomic E-state index is 12.7. The van der Waals surface area contributed by atoms with E-state index in [9.17, 15) is 19.8 Å². The van der Waals surface area contributed by atoms with Crippen molar-refractivity contribution in [1.29, 1.82) is 0 Å². The quantitative estimate of drug-likeness (QED) is 0.458. The molecule has 2 N–H and O–H groups in total. The smallest absolute Gasteiger partial charge is 0.295 e. The number of nitrogens with zero attached hydrogens (tertiary/aromatic N) is 2. The summed E-state index contributed by atoms with van der Waals surface area (Å²) in [5.41, 5.74) is 2.02. The van der Waals surface area contributed by atoms with Gasteiger partial charge in [-0.2, -0.15) is 0 Å². The van der Waals surface area contributed by atoms with Crippen molar-refractivity contribution in [3.8, 4) is 0 Å². The van der Waals surface area contributed by atoms with E-state index >= 15 is 0 Å². The fourth-order valence-electron chi connectivity index (χ4n) is 3.28. The Morgan fingerprint density at radius 1 is 1.07 bits per heavy atom. The van der Waals surface area contributed by atoms with Crippen molar-refractivity contribution in [3.63, 3.8) is 0 Å². The monoisotopic (exact) mass is 400 g/mol. The molecule has 0 radical (unpaired) electrons. The molecule has 2 aromatic rings. The van der Waals surface area contributed by atoms with Crippen LogP contribution in [0.4, 0.5) is 5.69 Å². The first kappa shape index (κ1) is 19.9. The molecule has 1 fully saturated rings. The fourth-order valence-corrected chi connectivity index (χ4v) is 3.41. The van der Waals surface area contributed by atoms with E-state index in [2.05, 4.69) is 0 Å². The van der Waals surface area contributed by atoms with E-state index in [1.54, 1.807) is 24.3 Å². The van der Waals surface area contributed by atoms with Gasteiger partial charge in [-0.15, -0.1) is 0 Å². The van der Waals surface area contributed by atoms with Crippen LogP contribution in [0.15, 0.2) is 54.1 Å². The number of benzene rings is 2. The highest BCUT2D eigenvalue weighted by molar-refractivity contribution is 6.46.